The molecule has 0 aromatic heterocycles. The van der Waals surface area contributed by atoms with Crippen molar-refractivity contribution in [1.29, 1.82) is 0 Å². The Kier molecular flexibility index (Phi) is 13.1. The molecule has 0 radical (unpaired) electrons. The third-order valence-corrected chi connectivity index (χ3v) is 10.1. The number of rotatable bonds is 16. The molecule has 0 aromatic rings. The van der Waals surface area contributed by atoms with Crippen molar-refractivity contribution < 1.29 is 13.6 Å². The summed E-state index contributed by atoms with van der Waals surface area (Å²) in [5.41, 5.74) is 4.87. The maximum absolute atomic E-state index is 6.11. The highest BCUT2D eigenvalue weighted by Crippen LogP contribution is 2.38. The number of ether oxygens (including phenoxy) is 1. The molecule has 0 saturated heterocycles. The van der Waals surface area contributed by atoms with E-state index in [1.165, 1.54) is 12.0 Å². The first-order chi connectivity index (χ1) is 14.3. The molecule has 0 N–H and O–H groups in total. The monoisotopic (exact) mass is 436 g/mol. The number of allylic oxidation sites excluding steroid dienone is 5. The van der Waals surface area contributed by atoms with Crippen LogP contribution in [0.4, 0.5) is 0 Å². The fourth-order valence-electron chi connectivity index (χ4n) is 4.56. The fourth-order valence-corrected chi connectivity index (χ4v) is 7.97. The van der Waals surface area contributed by atoms with Crippen LogP contribution in [0.5, 0.6) is 0 Å². The smallest absolute Gasteiger partial charge is 0.338 e. The third kappa shape index (κ3) is 9.63. The molecule has 0 unspecified atom stereocenters. The summed E-state index contributed by atoms with van der Waals surface area (Å²) in [6.07, 6.45) is 13.6. The van der Waals surface area contributed by atoms with E-state index in [2.05, 4.69) is 66.7 Å². The van der Waals surface area contributed by atoms with Gasteiger partial charge in [0, 0.05) is 25.2 Å². The average molecular weight is 437 g/mol. The highest BCUT2D eigenvalue weighted by atomic mass is 28.4. The van der Waals surface area contributed by atoms with Crippen molar-refractivity contribution in [3.05, 3.63) is 34.9 Å². The van der Waals surface area contributed by atoms with E-state index in [4.69, 9.17) is 13.6 Å². The molecule has 0 spiro atoms. The molecule has 4 heteroatoms. The van der Waals surface area contributed by atoms with Gasteiger partial charge in [-0.2, -0.15) is 0 Å². The lowest BCUT2D eigenvalue weighted by Gasteiger charge is -2.30. The van der Waals surface area contributed by atoms with E-state index in [1.807, 2.05) is 0 Å². The summed E-state index contributed by atoms with van der Waals surface area (Å²) >= 11 is 0. The Morgan fingerprint density at radius 2 is 1.80 bits per heavy atom. The van der Waals surface area contributed by atoms with Crippen LogP contribution >= 0.6 is 0 Å². The van der Waals surface area contributed by atoms with Crippen molar-refractivity contribution >= 4 is 8.56 Å². The molecule has 3 nitrogen and oxygen atoms in total. The molecule has 174 valence electrons. The lowest BCUT2D eigenvalue weighted by atomic mass is 9.75. The molecular formula is C26H48O3Si. The zero-order chi connectivity index (χ0) is 22.5. The third-order valence-electron chi connectivity index (χ3n) is 6.07. The largest absolute Gasteiger partial charge is 0.394 e. The van der Waals surface area contributed by atoms with Gasteiger partial charge in [0.2, 0.25) is 0 Å². The van der Waals surface area contributed by atoms with Crippen molar-refractivity contribution in [2.24, 2.45) is 5.41 Å². The van der Waals surface area contributed by atoms with Gasteiger partial charge in [-0.25, -0.2) is 0 Å². The first kappa shape index (κ1) is 27.4. The normalized spacial score (nSPS) is 17.1. The summed E-state index contributed by atoms with van der Waals surface area (Å²) in [5.74, 6) is 0. The Labute approximate surface area is 188 Å². The standard InChI is InChI=1S/C26H48O3Si/c1-8-21-30(28-9-2,29-10-3)22-13-20-27-19-12-14-23(4)16-17-25-24(5)15-11-18-26(25,6)7/h11,14,18H,8-10,12-13,15-17,19-22H2,1-7H3/b23-14-. The van der Waals surface area contributed by atoms with E-state index >= 15 is 0 Å². The van der Waals surface area contributed by atoms with Crippen LogP contribution in [0.3, 0.4) is 0 Å². The minimum absolute atomic E-state index is 0.213. The van der Waals surface area contributed by atoms with Crippen LogP contribution in [0.15, 0.2) is 34.9 Å². The van der Waals surface area contributed by atoms with Crippen LogP contribution in [-0.2, 0) is 13.6 Å². The van der Waals surface area contributed by atoms with Gasteiger partial charge >= 0.3 is 8.56 Å². The second kappa shape index (κ2) is 14.4. The lowest BCUT2D eigenvalue weighted by molar-refractivity contribution is 0.132. The Hall–Kier alpha value is -0.683. The van der Waals surface area contributed by atoms with Gasteiger partial charge in [-0.15, -0.1) is 0 Å². The zero-order valence-corrected chi connectivity index (χ0v) is 21.9. The van der Waals surface area contributed by atoms with Crippen LogP contribution in [0.2, 0.25) is 12.1 Å². The molecule has 0 fully saturated rings. The molecule has 30 heavy (non-hydrogen) atoms. The topological polar surface area (TPSA) is 27.7 Å². The quantitative estimate of drug-likeness (QED) is 0.141. The Balaban J connectivity index is 2.30. The van der Waals surface area contributed by atoms with E-state index in [-0.39, 0.29) is 5.41 Å². The van der Waals surface area contributed by atoms with Crippen molar-refractivity contribution in [2.75, 3.05) is 26.4 Å². The molecule has 1 rings (SSSR count). The SMILES string of the molecule is CCC[Si](CCCOCC/C=C(/C)CCC1=C(C)CC=CC1(C)C)(OCC)OCC. The van der Waals surface area contributed by atoms with Gasteiger partial charge < -0.3 is 13.6 Å². The van der Waals surface area contributed by atoms with Crippen LogP contribution in [0, 0.1) is 5.41 Å². The summed E-state index contributed by atoms with van der Waals surface area (Å²) < 4.78 is 18.1. The summed E-state index contributed by atoms with van der Waals surface area (Å²) in [4.78, 5) is 0. The van der Waals surface area contributed by atoms with Crippen molar-refractivity contribution in [3.63, 3.8) is 0 Å². The van der Waals surface area contributed by atoms with E-state index in [0.29, 0.717) is 0 Å². The van der Waals surface area contributed by atoms with Crippen molar-refractivity contribution in [1.82, 2.24) is 0 Å². The first-order valence-electron chi connectivity index (χ1n) is 12.2. The van der Waals surface area contributed by atoms with Gasteiger partial charge in [0.1, 0.15) is 0 Å². The molecule has 0 aromatic carbocycles. The highest BCUT2D eigenvalue weighted by molar-refractivity contribution is 6.67. The zero-order valence-electron chi connectivity index (χ0n) is 20.9. The number of hydrogen-bond donors (Lipinski definition) is 0. The summed E-state index contributed by atoms with van der Waals surface area (Å²) in [6, 6.07) is 2.12. The van der Waals surface area contributed by atoms with Crippen LogP contribution in [0.25, 0.3) is 0 Å². The van der Waals surface area contributed by atoms with Crippen molar-refractivity contribution in [3.8, 4) is 0 Å². The van der Waals surface area contributed by atoms with Crippen molar-refractivity contribution in [2.45, 2.75) is 99.1 Å². The molecule has 0 saturated carbocycles. The molecule has 0 bridgehead atoms. The molecule has 1 aliphatic carbocycles. The Morgan fingerprint density at radius 1 is 1.10 bits per heavy atom. The van der Waals surface area contributed by atoms with Gasteiger partial charge in [-0.05, 0) is 71.9 Å². The first-order valence-corrected chi connectivity index (χ1v) is 14.4. The molecular weight excluding hydrogens is 388 g/mol. The lowest BCUT2D eigenvalue weighted by Crippen LogP contribution is -2.42. The van der Waals surface area contributed by atoms with Crippen LogP contribution in [0.1, 0.15) is 87.0 Å². The predicted octanol–water partition coefficient (Wildman–Crippen LogP) is 7.74. The Bertz CT molecular complexity index is 558. The fraction of sp³-hybridized carbons (Fsp3) is 0.769. The maximum Gasteiger partial charge on any atom is 0.338 e. The van der Waals surface area contributed by atoms with Gasteiger partial charge in [-0.3, -0.25) is 0 Å². The molecule has 0 aliphatic heterocycles. The van der Waals surface area contributed by atoms with Gasteiger partial charge in [-0.1, -0.05) is 62.1 Å². The minimum Gasteiger partial charge on any atom is -0.394 e. The molecule has 1 aliphatic rings. The molecule has 0 amide bonds. The van der Waals surface area contributed by atoms with Gasteiger partial charge in [0.25, 0.3) is 0 Å². The van der Waals surface area contributed by atoms with Gasteiger partial charge in [0.05, 0.1) is 6.61 Å². The minimum atomic E-state index is -2.03. The molecule has 0 heterocycles. The van der Waals surface area contributed by atoms with E-state index < -0.39 is 8.56 Å². The maximum atomic E-state index is 6.11. The van der Waals surface area contributed by atoms with E-state index in [1.54, 1.807) is 11.1 Å². The van der Waals surface area contributed by atoms with Crippen LogP contribution in [-0.4, -0.2) is 35.0 Å². The van der Waals surface area contributed by atoms with Gasteiger partial charge in [0.15, 0.2) is 0 Å². The summed E-state index contributed by atoms with van der Waals surface area (Å²) in [5, 5.41) is 0. The highest BCUT2D eigenvalue weighted by Gasteiger charge is 2.35. The average Bonchev–Trinajstić information content (AvgIpc) is 2.67. The predicted molar refractivity (Wildman–Crippen MR) is 132 cm³/mol. The second-order valence-electron chi connectivity index (χ2n) is 9.17. The number of hydrogen-bond acceptors (Lipinski definition) is 3. The summed E-state index contributed by atoms with van der Waals surface area (Å²) in [6.45, 7) is 18.7. The summed E-state index contributed by atoms with van der Waals surface area (Å²) in [7, 11) is -2.03. The van der Waals surface area contributed by atoms with E-state index in [9.17, 15) is 0 Å². The van der Waals surface area contributed by atoms with E-state index in [0.717, 1.165) is 70.6 Å². The Morgan fingerprint density at radius 3 is 2.40 bits per heavy atom. The second-order valence-corrected chi connectivity index (χ2v) is 12.6. The molecule has 0 atom stereocenters. The van der Waals surface area contributed by atoms with Crippen LogP contribution < -0.4 is 0 Å².